The molecule has 5 nitrogen and oxygen atoms in total. The molecule has 4 aromatic rings. The number of alkyl halides is 1. The van der Waals surface area contributed by atoms with E-state index in [0.29, 0.717) is 12.8 Å². The quantitative estimate of drug-likeness (QED) is 0.361. The second kappa shape index (κ2) is 7.93. The Morgan fingerprint density at radius 1 is 1.16 bits per heavy atom. The van der Waals surface area contributed by atoms with Crippen LogP contribution in [-0.2, 0) is 6.54 Å². The number of phenolic OH excluding ortho intramolecular Hbond substituents is 1. The van der Waals surface area contributed by atoms with Gasteiger partial charge >= 0.3 is 0 Å². The molecule has 1 fully saturated rings. The molecule has 1 aromatic carbocycles. The summed E-state index contributed by atoms with van der Waals surface area (Å²) in [6.07, 6.45) is 7.82. The molecule has 0 bridgehead atoms. The smallest absolute Gasteiger partial charge is 0.141 e. The van der Waals surface area contributed by atoms with Crippen LogP contribution < -0.4 is 0 Å². The number of pyridine rings is 1. The van der Waals surface area contributed by atoms with E-state index in [1.165, 1.54) is 0 Å². The van der Waals surface area contributed by atoms with Crippen LogP contribution in [-0.4, -0.2) is 25.5 Å². The average molecular weight is 454 g/mol. The Morgan fingerprint density at radius 3 is 2.62 bits per heavy atom. The lowest BCUT2D eigenvalue weighted by molar-refractivity contribution is 0.0873. The van der Waals surface area contributed by atoms with Gasteiger partial charge in [-0.3, -0.25) is 4.98 Å². The van der Waals surface area contributed by atoms with Gasteiger partial charge in [0.25, 0.3) is 0 Å². The van der Waals surface area contributed by atoms with Crippen LogP contribution in [0.1, 0.15) is 43.6 Å². The third-order valence-electron chi connectivity index (χ3n) is 6.50. The summed E-state index contributed by atoms with van der Waals surface area (Å²) in [6, 6.07) is 7.12. The molecule has 166 valence electrons. The van der Waals surface area contributed by atoms with Gasteiger partial charge < -0.3 is 14.2 Å². The second-order valence-electron chi connectivity index (χ2n) is 8.84. The maximum absolute atomic E-state index is 15.7. The summed E-state index contributed by atoms with van der Waals surface area (Å²) in [4.78, 5) is 4.77. The zero-order chi connectivity index (χ0) is 22.5. The zero-order valence-corrected chi connectivity index (χ0v) is 18.9. The maximum atomic E-state index is 15.7. The van der Waals surface area contributed by atoms with E-state index in [9.17, 15) is 5.11 Å². The van der Waals surface area contributed by atoms with E-state index >= 15 is 4.39 Å². The van der Waals surface area contributed by atoms with Gasteiger partial charge in [-0.25, -0.2) is 4.39 Å². The van der Waals surface area contributed by atoms with Crippen molar-refractivity contribution >= 4 is 22.6 Å². The van der Waals surface area contributed by atoms with Crippen molar-refractivity contribution in [3.8, 4) is 28.0 Å². The monoisotopic (exact) mass is 453 g/mol. The number of aromatic nitrogens is 3. The van der Waals surface area contributed by atoms with Gasteiger partial charge in [0.1, 0.15) is 17.2 Å². The van der Waals surface area contributed by atoms with Crippen molar-refractivity contribution in [2.75, 3.05) is 0 Å². The maximum Gasteiger partial charge on any atom is 0.141 e. The molecule has 32 heavy (non-hydrogen) atoms. The van der Waals surface area contributed by atoms with Crippen molar-refractivity contribution in [2.45, 2.75) is 58.2 Å². The summed E-state index contributed by atoms with van der Waals surface area (Å²) < 4.78 is 23.0. The lowest BCUT2D eigenvalue weighted by Crippen LogP contribution is -2.31. The molecule has 1 aliphatic carbocycles. The van der Waals surface area contributed by atoms with Crippen molar-refractivity contribution < 1.29 is 14.0 Å². The summed E-state index contributed by atoms with van der Waals surface area (Å²) in [5.41, 5.74) is 4.66. The normalized spacial score (nSPS) is 16.0. The molecular weight excluding hydrogens is 429 g/mol. The van der Waals surface area contributed by atoms with E-state index in [1.54, 1.807) is 24.4 Å². The predicted octanol–water partition coefficient (Wildman–Crippen LogP) is 7.01. The molecule has 3 aromatic heterocycles. The Balaban J connectivity index is 1.68. The fourth-order valence-electron chi connectivity index (χ4n) is 4.86. The third-order valence-corrected chi connectivity index (χ3v) is 6.80. The second-order valence-corrected chi connectivity index (χ2v) is 9.25. The van der Waals surface area contributed by atoms with Crippen LogP contribution in [0.3, 0.4) is 0 Å². The fraction of sp³-hybridized carbons (Fsp3) is 0.360. The van der Waals surface area contributed by atoms with Crippen LogP contribution in [0.4, 0.5) is 4.39 Å². The first-order valence-corrected chi connectivity index (χ1v) is 11.3. The Labute approximate surface area is 190 Å². The molecule has 7 heteroatoms. The van der Waals surface area contributed by atoms with E-state index in [1.807, 2.05) is 30.7 Å². The van der Waals surface area contributed by atoms with Crippen molar-refractivity contribution in [1.29, 1.82) is 0 Å². The highest BCUT2D eigenvalue weighted by Gasteiger charge is 2.33. The number of hydrogen-bond donors (Lipinski definition) is 1. The molecule has 1 N–H and O–H groups in total. The van der Waals surface area contributed by atoms with Crippen LogP contribution in [0, 0.1) is 13.8 Å². The molecule has 1 aliphatic rings. The van der Waals surface area contributed by atoms with Gasteiger partial charge in [-0.1, -0.05) is 42.1 Å². The molecular formula is C25H25ClFN3O2. The molecule has 0 spiro atoms. The molecule has 0 unspecified atom stereocenters. The number of hydrogen-bond acceptors (Lipinski definition) is 4. The topological polar surface area (TPSA) is 64.1 Å². The largest absolute Gasteiger partial charge is 0.506 e. The number of phenols is 1. The molecule has 0 aliphatic heterocycles. The third kappa shape index (κ3) is 3.66. The Bertz CT molecular complexity index is 1280. The van der Waals surface area contributed by atoms with Crippen LogP contribution >= 0.6 is 11.6 Å². The first-order chi connectivity index (χ1) is 15.3. The Hall–Kier alpha value is -2.86. The first-order valence-electron chi connectivity index (χ1n) is 10.9. The molecule has 0 amide bonds. The van der Waals surface area contributed by atoms with Gasteiger partial charge in [0.05, 0.1) is 28.3 Å². The highest BCUT2D eigenvalue weighted by Crippen LogP contribution is 2.39. The van der Waals surface area contributed by atoms with E-state index < -0.39 is 5.67 Å². The summed E-state index contributed by atoms with van der Waals surface area (Å²) in [5.74, 6) is 0.749. The van der Waals surface area contributed by atoms with Gasteiger partial charge in [0.15, 0.2) is 0 Å². The van der Waals surface area contributed by atoms with Gasteiger partial charge in [0.2, 0.25) is 0 Å². The lowest BCUT2D eigenvalue weighted by Gasteiger charge is -2.30. The van der Waals surface area contributed by atoms with Crippen LogP contribution in [0.2, 0.25) is 5.02 Å². The summed E-state index contributed by atoms with van der Waals surface area (Å²) in [7, 11) is 0. The molecule has 1 saturated carbocycles. The van der Waals surface area contributed by atoms with Crippen LogP contribution in [0.5, 0.6) is 5.75 Å². The van der Waals surface area contributed by atoms with Gasteiger partial charge in [-0.2, -0.15) is 0 Å². The predicted molar refractivity (Wildman–Crippen MR) is 124 cm³/mol. The number of fused-ring (bicyclic) bond motifs is 1. The molecule has 5 rings (SSSR count). The number of benzene rings is 1. The van der Waals surface area contributed by atoms with Gasteiger partial charge in [-0.05, 0) is 50.5 Å². The summed E-state index contributed by atoms with van der Waals surface area (Å²) in [6.45, 7) is 4.06. The lowest BCUT2D eigenvalue weighted by atomic mass is 9.86. The fourth-order valence-corrected chi connectivity index (χ4v) is 5.04. The van der Waals surface area contributed by atoms with Crippen molar-refractivity contribution in [3.05, 3.63) is 53.1 Å². The van der Waals surface area contributed by atoms with Crippen LogP contribution in [0.15, 0.2) is 41.2 Å². The SMILES string of the molecule is Cc1noc(C)c1-c1cnc2c(-c3ccc(O)c(Cl)c3)cn(CC3(F)CCCCC3)c2c1. The van der Waals surface area contributed by atoms with Gasteiger partial charge in [0, 0.05) is 29.1 Å². The average Bonchev–Trinajstić information content (AvgIpc) is 3.29. The zero-order valence-electron chi connectivity index (χ0n) is 18.2. The Morgan fingerprint density at radius 2 is 1.94 bits per heavy atom. The number of aromatic hydroxyl groups is 1. The molecule has 3 heterocycles. The molecule has 0 saturated heterocycles. The Kier molecular flexibility index (Phi) is 5.20. The molecule has 0 radical (unpaired) electrons. The van der Waals surface area contributed by atoms with Gasteiger partial charge in [-0.15, -0.1) is 0 Å². The minimum Gasteiger partial charge on any atom is -0.506 e. The van der Waals surface area contributed by atoms with E-state index in [-0.39, 0.29) is 17.3 Å². The highest BCUT2D eigenvalue weighted by molar-refractivity contribution is 6.32. The minimum absolute atomic E-state index is 0.0257. The summed E-state index contributed by atoms with van der Waals surface area (Å²) in [5, 5.41) is 14.2. The minimum atomic E-state index is -1.23. The number of rotatable bonds is 4. The number of nitrogens with zero attached hydrogens (tertiary/aromatic N) is 3. The van der Waals surface area contributed by atoms with E-state index in [4.69, 9.17) is 21.1 Å². The highest BCUT2D eigenvalue weighted by atomic mass is 35.5. The van der Waals surface area contributed by atoms with Crippen molar-refractivity contribution in [2.24, 2.45) is 0 Å². The van der Waals surface area contributed by atoms with Crippen molar-refractivity contribution in [3.63, 3.8) is 0 Å². The first kappa shape index (κ1) is 21.0. The van der Waals surface area contributed by atoms with E-state index in [2.05, 4.69) is 5.16 Å². The summed E-state index contributed by atoms with van der Waals surface area (Å²) >= 11 is 6.17. The standard InChI is InChI=1S/C25H25ClFN3O2/c1-15-23(16(2)32-29-15)18-11-21-24(28-12-18)19(17-6-7-22(31)20(26)10-17)13-30(21)14-25(27)8-4-3-5-9-25/h6-7,10-13,31H,3-5,8-9,14H2,1-2H3. The number of aryl methyl sites for hydroxylation is 2. The van der Waals surface area contributed by atoms with Crippen molar-refractivity contribution in [1.82, 2.24) is 14.7 Å². The molecule has 0 atom stereocenters. The van der Waals surface area contributed by atoms with E-state index in [0.717, 1.165) is 64.0 Å². The number of halogens is 2. The van der Waals surface area contributed by atoms with Crippen LogP contribution in [0.25, 0.3) is 33.3 Å².